The van der Waals surface area contributed by atoms with Gasteiger partial charge >= 0.3 is 309 Å². The van der Waals surface area contributed by atoms with E-state index in [4.69, 9.17) is 0 Å². The van der Waals surface area contributed by atoms with Gasteiger partial charge in [0.1, 0.15) is 0 Å². The molecule has 0 nitrogen and oxygen atoms in total. The zero-order chi connectivity index (χ0) is 33.2. The van der Waals surface area contributed by atoms with Crippen LogP contribution in [0.15, 0.2) is 176 Å². The Balaban J connectivity index is 1.28. The molecule has 0 saturated carbocycles. The molecule has 0 atom stereocenters. The molecule has 0 amide bonds. The molecule has 0 aliphatic carbocycles. The molecular weight excluding hydrogens is 722 g/mol. The van der Waals surface area contributed by atoms with Crippen molar-refractivity contribution in [2.24, 2.45) is 0 Å². The first-order valence-electron chi connectivity index (χ1n) is 17.6. The van der Waals surface area contributed by atoms with Gasteiger partial charge in [0.2, 0.25) is 0 Å². The zero-order valence-corrected chi connectivity index (χ0v) is 35.1. The molecule has 1 aliphatic heterocycles. The topological polar surface area (TPSA) is 0 Å². The summed E-state index contributed by atoms with van der Waals surface area (Å²) in [5, 5.41) is 7.76. The zero-order valence-electron chi connectivity index (χ0n) is 28.0. The molecule has 9 aromatic rings. The molecule has 0 fully saturated rings. The van der Waals surface area contributed by atoms with E-state index in [1.54, 1.807) is 8.79 Å². The standard InChI is InChI=1S/C48H34Ge2/c49-45-23-5-3-15-36(45)33-14-7-13-32(28-33)35-17-8-19-39-43(35)29-44-37(41-21-10-22-42-38-16-4-6-24-46(38)50-48(41)42)18-9-20-40(44)47(39)34-26-25-30-11-1-2-12-31(30)27-34/h1-29H,50H2,49H3. The van der Waals surface area contributed by atoms with E-state index in [1.165, 1.54) is 92.3 Å². The number of rotatable bonds is 4. The maximum absolute atomic E-state index is 2.50. The minimum atomic E-state index is -1.15. The van der Waals surface area contributed by atoms with Gasteiger partial charge in [0.05, 0.1) is 0 Å². The third-order valence-electron chi connectivity index (χ3n) is 10.8. The molecule has 0 aromatic heterocycles. The molecule has 234 valence electrons. The minimum absolute atomic E-state index is 0.603. The molecule has 9 aromatic carbocycles. The average Bonchev–Trinajstić information content (AvgIpc) is 3.56. The van der Waals surface area contributed by atoms with Crippen LogP contribution in [0.25, 0.3) is 88.0 Å². The Kier molecular flexibility index (Phi) is 7.15. The second-order valence-electron chi connectivity index (χ2n) is 13.7. The fourth-order valence-corrected chi connectivity index (χ4v) is 14.3. The predicted molar refractivity (Wildman–Crippen MR) is 224 cm³/mol. The van der Waals surface area contributed by atoms with Crippen molar-refractivity contribution >= 4 is 77.5 Å². The summed E-state index contributed by atoms with van der Waals surface area (Å²) in [6.07, 6.45) is 0. The summed E-state index contributed by atoms with van der Waals surface area (Å²) in [7, 11) is 0. The van der Waals surface area contributed by atoms with Crippen molar-refractivity contribution in [3.63, 3.8) is 0 Å². The SMILES string of the molecule is [GeH3][c]1ccccc1-c1cccc(-c2cccc3c(-c4ccc5ccccc5c4)c4cccc(-c5cccc6[c]5[GeH2][c]5ccccc5-6)c4cc23)c1. The van der Waals surface area contributed by atoms with Gasteiger partial charge in [-0.1, -0.05) is 0 Å². The quantitative estimate of drug-likeness (QED) is 0.124. The van der Waals surface area contributed by atoms with Crippen molar-refractivity contribution in [2.45, 2.75) is 0 Å². The Morgan fingerprint density at radius 3 is 1.74 bits per heavy atom. The number of benzene rings is 9. The van der Waals surface area contributed by atoms with E-state index < -0.39 is 15.4 Å². The van der Waals surface area contributed by atoms with E-state index in [2.05, 4.69) is 176 Å². The summed E-state index contributed by atoms with van der Waals surface area (Å²) in [5.74, 6) is 0. The first kappa shape index (κ1) is 29.7. The van der Waals surface area contributed by atoms with E-state index in [9.17, 15) is 0 Å². The van der Waals surface area contributed by atoms with Crippen molar-refractivity contribution in [1.82, 2.24) is 0 Å². The maximum atomic E-state index is 2.50. The molecule has 0 N–H and O–H groups in total. The van der Waals surface area contributed by atoms with Gasteiger partial charge in [-0.15, -0.1) is 0 Å². The predicted octanol–water partition coefficient (Wildman–Crippen LogP) is 8.90. The van der Waals surface area contributed by atoms with E-state index in [-0.39, 0.29) is 0 Å². The first-order valence-corrected chi connectivity index (χ1v) is 22.6. The molecule has 1 aliphatic rings. The van der Waals surface area contributed by atoms with Crippen LogP contribution in [-0.2, 0) is 0 Å². The normalized spacial score (nSPS) is 12.6. The molecule has 0 bridgehead atoms. The molecule has 50 heavy (non-hydrogen) atoms. The van der Waals surface area contributed by atoms with Crippen LogP contribution in [0.3, 0.4) is 0 Å². The van der Waals surface area contributed by atoms with Crippen LogP contribution in [0.2, 0.25) is 0 Å². The van der Waals surface area contributed by atoms with Crippen molar-refractivity contribution in [2.75, 3.05) is 0 Å². The second-order valence-corrected chi connectivity index (χ2v) is 19.8. The molecule has 10 rings (SSSR count). The number of hydrogen-bond acceptors (Lipinski definition) is 0. The van der Waals surface area contributed by atoms with Crippen LogP contribution in [0.5, 0.6) is 0 Å². The van der Waals surface area contributed by atoms with Crippen LogP contribution in [0, 0.1) is 0 Å². The summed E-state index contributed by atoms with van der Waals surface area (Å²) in [6.45, 7) is 0. The second kappa shape index (κ2) is 12.0. The Morgan fingerprint density at radius 1 is 0.340 bits per heavy atom. The van der Waals surface area contributed by atoms with Crippen LogP contribution in [-0.4, -0.2) is 31.9 Å². The van der Waals surface area contributed by atoms with Crippen molar-refractivity contribution < 1.29 is 0 Å². The fraction of sp³-hybridized carbons (Fsp3) is 0. The van der Waals surface area contributed by atoms with Gasteiger partial charge in [-0.05, 0) is 0 Å². The third-order valence-corrected chi connectivity index (χ3v) is 17.1. The molecule has 2 heteroatoms. The Labute approximate surface area is 307 Å². The van der Waals surface area contributed by atoms with Crippen LogP contribution < -0.4 is 13.2 Å². The van der Waals surface area contributed by atoms with Crippen molar-refractivity contribution in [3.8, 4) is 55.6 Å². The Bertz CT molecular complexity index is 2810. The van der Waals surface area contributed by atoms with Crippen LogP contribution in [0.1, 0.15) is 0 Å². The summed E-state index contributed by atoms with van der Waals surface area (Å²) < 4.78 is 4.70. The average molecular weight is 756 g/mol. The van der Waals surface area contributed by atoms with Crippen molar-refractivity contribution in [1.29, 1.82) is 0 Å². The van der Waals surface area contributed by atoms with Gasteiger partial charge in [-0.25, -0.2) is 0 Å². The van der Waals surface area contributed by atoms with Gasteiger partial charge in [-0.3, -0.25) is 0 Å². The van der Waals surface area contributed by atoms with Crippen molar-refractivity contribution in [3.05, 3.63) is 176 Å². The summed E-state index contributed by atoms with van der Waals surface area (Å²) >= 11 is -0.548. The van der Waals surface area contributed by atoms with E-state index in [0.717, 1.165) is 0 Å². The Morgan fingerprint density at radius 2 is 0.920 bits per heavy atom. The van der Waals surface area contributed by atoms with Gasteiger partial charge < -0.3 is 0 Å². The van der Waals surface area contributed by atoms with E-state index >= 15 is 0 Å². The summed E-state index contributed by atoms with van der Waals surface area (Å²) in [6, 6.07) is 66.3. The molecule has 0 unspecified atom stereocenters. The monoisotopic (exact) mass is 758 g/mol. The van der Waals surface area contributed by atoms with Gasteiger partial charge in [0.25, 0.3) is 0 Å². The van der Waals surface area contributed by atoms with Gasteiger partial charge in [-0.2, -0.15) is 0 Å². The molecule has 1 heterocycles. The summed E-state index contributed by atoms with van der Waals surface area (Å²) in [4.78, 5) is 0. The number of hydrogen-bond donors (Lipinski definition) is 0. The van der Waals surface area contributed by atoms with Gasteiger partial charge in [0, 0.05) is 0 Å². The van der Waals surface area contributed by atoms with Gasteiger partial charge in [0.15, 0.2) is 0 Å². The Hall–Kier alpha value is -5.15. The van der Waals surface area contributed by atoms with E-state index in [1.807, 2.05) is 0 Å². The third kappa shape index (κ3) is 4.81. The fourth-order valence-electron chi connectivity index (χ4n) is 8.47. The molecular formula is C48H34Ge2. The van der Waals surface area contributed by atoms with Crippen LogP contribution in [0.4, 0.5) is 0 Å². The van der Waals surface area contributed by atoms with Crippen LogP contribution >= 0.6 is 0 Å². The molecule has 0 saturated heterocycles. The molecule has 0 spiro atoms. The first-order chi connectivity index (χ1) is 24.7. The number of fused-ring (bicyclic) bond motifs is 6. The summed E-state index contributed by atoms with van der Waals surface area (Å²) in [5.41, 5.74) is 13.4. The van der Waals surface area contributed by atoms with E-state index in [0.29, 0.717) is 16.5 Å². The molecule has 0 radical (unpaired) electrons.